The minimum Gasteiger partial charge on any atom is -0.462 e. The van der Waals surface area contributed by atoms with E-state index in [9.17, 15) is 9.59 Å². The number of amides is 1. The zero-order valence-electron chi connectivity index (χ0n) is 16.8. The van der Waals surface area contributed by atoms with Gasteiger partial charge in [-0.05, 0) is 43.2 Å². The molecule has 0 saturated heterocycles. The van der Waals surface area contributed by atoms with Crippen molar-refractivity contribution in [2.75, 3.05) is 17.7 Å². The maximum absolute atomic E-state index is 12.6. The van der Waals surface area contributed by atoms with E-state index >= 15 is 0 Å². The Labute approximate surface area is 186 Å². The van der Waals surface area contributed by atoms with E-state index in [1.807, 2.05) is 23.1 Å². The summed E-state index contributed by atoms with van der Waals surface area (Å²) in [5.74, 6) is 0.523. The molecule has 4 rings (SSSR count). The van der Waals surface area contributed by atoms with Crippen LogP contribution in [-0.4, -0.2) is 39.0 Å². The number of nitrogens with zero attached hydrogens (tertiary/aromatic N) is 3. The standard InChI is InChI=1S/C20H22N4O3S3/c1-3-27-19(26)17-13-7-4-8-14(13)30-18(17)21-16(25)11-29-20-23-22-15(24(20)2)10-12-6-5-9-28-12/h5-6,9H,3-4,7-8,10-11H2,1-2H3,(H,21,25). The van der Waals surface area contributed by atoms with Crippen molar-refractivity contribution in [2.24, 2.45) is 7.05 Å². The smallest absolute Gasteiger partial charge is 0.341 e. The maximum atomic E-state index is 12.6. The molecule has 1 amide bonds. The van der Waals surface area contributed by atoms with Gasteiger partial charge in [-0.2, -0.15) is 0 Å². The summed E-state index contributed by atoms with van der Waals surface area (Å²) in [6, 6.07) is 4.08. The van der Waals surface area contributed by atoms with Crippen LogP contribution in [0.25, 0.3) is 0 Å². The number of nitrogens with one attached hydrogen (secondary N) is 1. The number of fused-ring (bicyclic) bond motifs is 1. The molecule has 0 aliphatic heterocycles. The highest BCUT2D eigenvalue weighted by molar-refractivity contribution is 7.99. The number of ether oxygens (including phenoxy) is 1. The number of hydrogen-bond acceptors (Lipinski definition) is 8. The predicted molar refractivity (Wildman–Crippen MR) is 120 cm³/mol. The molecule has 3 aromatic heterocycles. The topological polar surface area (TPSA) is 86.1 Å². The van der Waals surface area contributed by atoms with Crippen LogP contribution in [0.2, 0.25) is 0 Å². The largest absolute Gasteiger partial charge is 0.462 e. The number of rotatable bonds is 8. The molecular weight excluding hydrogens is 440 g/mol. The summed E-state index contributed by atoms with van der Waals surface area (Å²) < 4.78 is 7.13. The van der Waals surface area contributed by atoms with Crippen LogP contribution >= 0.6 is 34.4 Å². The fourth-order valence-corrected chi connectivity index (χ4v) is 6.12. The minimum atomic E-state index is -0.355. The lowest BCUT2D eigenvalue weighted by Gasteiger charge is -2.08. The second-order valence-corrected chi connectivity index (χ2v) is 9.91. The monoisotopic (exact) mass is 462 g/mol. The van der Waals surface area contributed by atoms with Gasteiger partial charge in [0.05, 0.1) is 17.9 Å². The van der Waals surface area contributed by atoms with Crippen molar-refractivity contribution in [3.8, 4) is 0 Å². The number of thioether (sulfide) groups is 1. The third kappa shape index (κ3) is 4.45. The van der Waals surface area contributed by atoms with Crippen molar-refractivity contribution in [3.63, 3.8) is 0 Å². The van der Waals surface area contributed by atoms with Crippen molar-refractivity contribution in [1.82, 2.24) is 14.8 Å². The summed E-state index contributed by atoms with van der Waals surface area (Å²) in [4.78, 5) is 27.4. The number of carbonyl (C=O) groups excluding carboxylic acids is 2. The first-order valence-electron chi connectivity index (χ1n) is 9.71. The van der Waals surface area contributed by atoms with E-state index in [0.29, 0.717) is 22.3 Å². The average molecular weight is 463 g/mol. The first kappa shape index (κ1) is 21.1. The van der Waals surface area contributed by atoms with E-state index in [1.54, 1.807) is 18.3 Å². The molecule has 1 aliphatic rings. The highest BCUT2D eigenvalue weighted by Gasteiger charge is 2.28. The highest BCUT2D eigenvalue weighted by atomic mass is 32.2. The molecule has 1 aliphatic carbocycles. The highest BCUT2D eigenvalue weighted by Crippen LogP contribution is 2.39. The third-order valence-corrected chi connectivity index (χ3v) is 7.93. The Kier molecular flexibility index (Phi) is 6.55. The van der Waals surface area contributed by atoms with Gasteiger partial charge in [-0.3, -0.25) is 4.79 Å². The molecule has 0 unspecified atom stereocenters. The molecule has 0 aromatic carbocycles. The Balaban J connectivity index is 1.40. The molecule has 0 atom stereocenters. The van der Waals surface area contributed by atoms with Crippen LogP contribution in [0.15, 0.2) is 22.7 Å². The van der Waals surface area contributed by atoms with Gasteiger partial charge in [-0.1, -0.05) is 17.8 Å². The second kappa shape index (κ2) is 9.32. The molecule has 7 nitrogen and oxygen atoms in total. The summed E-state index contributed by atoms with van der Waals surface area (Å²) in [6.45, 7) is 2.10. The number of carbonyl (C=O) groups is 2. The molecule has 0 saturated carbocycles. The summed E-state index contributed by atoms with van der Waals surface area (Å²) >= 11 is 4.50. The van der Waals surface area contributed by atoms with Gasteiger partial charge in [0.2, 0.25) is 5.91 Å². The molecule has 0 radical (unpaired) electrons. The zero-order chi connectivity index (χ0) is 21.1. The van der Waals surface area contributed by atoms with Gasteiger partial charge in [0.15, 0.2) is 5.16 Å². The third-order valence-electron chi connectivity index (χ3n) is 4.82. The van der Waals surface area contributed by atoms with E-state index < -0.39 is 0 Å². The molecule has 1 N–H and O–H groups in total. The fourth-order valence-electron chi connectivity index (χ4n) is 3.40. The van der Waals surface area contributed by atoms with Crippen molar-refractivity contribution in [1.29, 1.82) is 0 Å². The zero-order valence-corrected chi connectivity index (χ0v) is 19.2. The second-order valence-electron chi connectivity index (χ2n) is 6.83. The average Bonchev–Trinajstić information content (AvgIpc) is 3.48. The fraction of sp³-hybridized carbons (Fsp3) is 0.400. The molecule has 0 spiro atoms. The molecule has 158 valence electrons. The van der Waals surface area contributed by atoms with Crippen molar-refractivity contribution < 1.29 is 14.3 Å². The van der Waals surface area contributed by atoms with Crippen LogP contribution in [0.4, 0.5) is 5.00 Å². The molecule has 0 fully saturated rings. The van der Waals surface area contributed by atoms with E-state index in [2.05, 4.69) is 21.6 Å². The number of esters is 1. The number of anilines is 1. The molecular formula is C20H22N4O3S3. The van der Waals surface area contributed by atoms with Crippen LogP contribution in [0.5, 0.6) is 0 Å². The van der Waals surface area contributed by atoms with Gasteiger partial charge in [0.1, 0.15) is 10.8 Å². The van der Waals surface area contributed by atoms with Gasteiger partial charge < -0.3 is 14.6 Å². The lowest BCUT2D eigenvalue weighted by atomic mass is 10.1. The van der Waals surface area contributed by atoms with Gasteiger partial charge in [-0.25, -0.2) is 4.79 Å². The lowest BCUT2D eigenvalue weighted by Crippen LogP contribution is -2.17. The van der Waals surface area contributed by atoms with Gasteiger partial charge in [0, 0.05) is 23.2 Å². The minimum absolute atomic E-state index is 0.173. The summed E-state index contributed by atoms with van der Waals surface area (Å²) in [5.41, 5.74) is 1.57. The summed E-state index contributed by atoms with van der Waals surface area (Å²) in [7, 11) is 1.91. The summed E-state index contributed by atoms with van der Waals surface area (Å²) in [5, 5.41) is 14.7. The Morgan fingerprint density at radius 3 is 2.97 bits per heavy atom. The van der Waals surface area contributed by atoms with Gasteiger partial charge in [-0.15, -0.1) is 32.9 Å². The van der Waals surface area contributed by atoms with E-state index in [4.69, 9.17) is 4.74 Å². The molecule has 3 heterocycles. The Bertz CT molecular complexity index is 1060. The van der Waals surface area contributed by atoms with E-state index in [1.165, 1.54) is 32.9 Å². The van der Waals surface area contributed by atoms with Crippen molar-refractivity contribution in [2.45, 2.75) is 37.8 Å². The van der Waals surface area contributed by atoms with Crippen LogP contribution in [0.3, 0.4) is 0 Å². The first-order chi connectivity index (χ1) is 14.6. The molecule has 3 aromatic rings. The van der Waals surface area contributed by atoms with E-state index in [-0.39, 0.29) is 17.6 Å². The quantitative estimate of drug-likeness (QED) is 0.403. The number of aryl methyl sites for hydroxylation is 1. The van der Waals surface area contributed by atoms with Gasteiger partial charge in [0.25, 0.3) is 0 Å². The molecule has 10 heteroatoms. The Morgan fingerprint density at radius 2 is 2.20 bits per heavy atom. The maximum Gasteiger partial charge on any atom is 0.341 e. The number of thiophene rings is 2. The normalized spacial score (nSPS) is 12.7. The molecule has 0 bridgehead atoms. The van der Waals surface area contributed by atoms with Crippen LogP contribution in [0, 0.1) is 0 Å². The molecule has 30 heavy (non-hydrogen) atoms. The van der Waals surface area contributed by atoms with Crippen LogP contribution in [0.1, 0.15) is 44.8 Å². The number of aromatic nitrogens is 3. The summed E-state index contributed by atoms with van der Waals surface area (Å²) in [6.07, 6.45) is 3.56. The van der Waals surface area contributed by atoms with E-state index in [0.717, 1.165) is 37.1 Å². The first-order valence-corrected chi connectivity index (χ1v) is 12.4. The van der Waals surface area contributed by atoms with Crippen molar-refractivity contribution in [3.05, 3.63) is 44.2 Å². The van der Waals surface area contributed by atoms with Crippen LogP contribution < -0.4 is 5.32 Å². The van der Waals surface area contributed by atoms with Crippen LogP contribution in [-0.2, 0) is 35.8 Å². The SMILES string of the molecule is CCOC(=O)c1c(NC(=O)CSc2nnc(Cc3cccs3)n2C)sc2c1CCC2. The van der Waals surface area contributed by atoms with Crippen molar-refractivity contribution >= 4 is 51.3 Å². The lowest BCUT2D eigenvalue weighted by molar-refractivity contribution is -0.113. The predicted octanol–water partition coefficient (Wildman–Crippen LogP) is 3.93. The Hall–Kier alpha value is -2.17. The number of hydrogen-bond donors (Lipinski definition) is 1. The Morgan fingerprint density at radius 1 is 1.33 bits per heavy atom. The van der Waals surface area contributed by atoms with Gasteiger partial charge >= 0.3 is 5.97 Å².